The number of aromatic amines is 1. The zero-order chi connectivity index (χ0) is 20.8. The summed E-state index contributed by atoms with van der Waals surface area (Å²) in [6.07, 6.45) is -0.485. The number of aliphatic hydroxyl groups is 2. The number of hydrogen-bond acceptors (Lipinski definition) is 5. The number of aromatic nitrogens is 1. The minimum absolute atomic E-state index is 0.0714. The summed E-state index contributed by atoms with van der Waals surface area (Å²) in [5, 5.41) is 28.4. The van der Waals surface area contributed by atoms with Gasteiger partial charge in [0.25, 0.3) is 0 Å². The standard InChI is InChI=1S/C23H22N2O4/c1-23(2)18-10-15(29-8-7-14(27)12-26)4-5-16(18)21(28)20-17-9-13(11-24)3-6-19(17)25-22(20)23/h3-6,9-10,14,25-27H,7-8,12H2,1-2H3/t14-/m0/s1. The van der Waals surface area contributed by atoms with Crippen molar-refractivity contribution in [2.45, 2.75) is 31.8 Å². The SMILES string of the molecule is CC1(C)c2cc(OCC[C@H](O)CO)ccc2C(=O)c2c1[nH]c1ccc(C#N)cc21. The van der Waals surface area contributed by atoms with Crippen molar-refractivity contribution >= 4 is 16.7 Å². The van der Waals surface area contributed by atoms with E-state index in [4.69, 9.17) is 9.84 Å². The molecule has 3 N–H and O–H groups in total. The third-order valence-electron chi connectivity index (χ3n) is 5.62. The van der Waals surface area contributed by atoms with Gasteiger partial charge in [0.2, 0.25) is 0 Å². The third-order valence-corrected chi connectivity index (χ3v) is 5.62. The Morgan fingerprint density at radius 1 is 1.24 bits per heavy atom. The van der Waals surface area contributed by atoms with Crippen LogP contribution in [0.1, 0.15) is 53.0 Å². The summed E-state index contributed by atoms with van der Waals surface area (Å²) in [7, 11) is 0. The number of H-pyrrole nitrogens is 1. The molecule has 1 aliphatic carbocycles. The van der Waals surface area contributed by atoms with E-state index < -0.39 is 11.5 Å². The van der Waals surface area contributed by atoms with Crippen molar-refractivity contribution in [3.63, 3.8) is 0 Å². The van der Waals surface area contributed by atoms with E-state index in [9.17, 15) is 15.2 Å². The second kappa shape index (κ2) is 7.03. The molecule has 29 heavy (non-hydrogen) atoms. The normalized spacial score (nSPS) is 15.5. The van der Waals surface area contributed by atoms with Crippen LogP contribution in [0.4, 0.5) is 0 Å². The Morgan fingerprint density at radius 2 is 2.03 bits per heavy atom. The summed E-state index contributed by atoms with van der Waals surface area (Å²) >= 11 is 0. The van der Waals surface area contributed by atoms with Crippen LogP contribution in [0.25, 0.3) is 10.9 Å². The maximum atomic E-state index is 13.3. The molecule has 0 spiro atoms. The Bertz CT molecular complexity index is 1150. The van der Waals surface area contributed by atoms with Crippen molar-refractivity contribution in [2.75, 3.05) is 13.2 Å². The lowest BCUT2D eigenvalue weighted by Crippen LogP contribution is -2.30. The Kier molecular flexibility index (Phi) is 4.65. The maximum absolute atomic E-state index is 13.3. The van der Waals surface area contributed by atoms with Crippen LogP contribution in [-0.4, -0.2) is 40.3 Å². The fourth-order valence-electron chi connectivity index (χ4n) is 3.97. The van der Waals surface area contributed by atoms with Gasteiger partial charge in [0.05, 0.1) is 36.5 Å². The number of carbonyl (C=O) groups excluding carboxylic acids is 1. The molecule has 0 saturated heterocycles. The van der Waals surface area contributed by atoms with Crippen LogP contribution >= 0.6 is 0 Å². The number of hydrogen-bond donors (Lipinski definition) is 3. The van der Waals surface area contributed by atoms with Gasteiger partial charge in [-0.3, -0.25) is 4.79 Å². The molecule has 0 fully saturated rings. The Morgan fingerprint density at radius 3 is 2.76 bits per heavy atom. The molecule has 2 aromatic carbocycles. The summed E-state index contributed by atoms with van der Waals surface area (Å²) in [6.45, 7) is 4.07. The van der Waals surface area contributed by atoms with E-state index in [-0.39, 0.29) is 19.0 Å². The molecule has 0 amide bonds. The highest BCUT2D eigenvalue weighted by Crippen LogP contribution is 2.44. The monoisotopic (exact) mass is 390 g/mol. The fourth-order valence-corrected chi connectivity index (χ4v) is 3.97. The lowest BCUT2D eigenvalue weighted by atomic mass is 9.71. The lowest BCUT2D eigenvalue weighted by molar-refractivity contribution is 0.0754. The summed E-state index contributed by atoms with van der Waals surface area (Å²) in [6, 6.07) is 12.9. The Balaban J connectivity index is 1.76. The van der Waals surface area contributed by atoms with Crippen molar-refractivity contribution in [1.82, 2.24) is 4.98 Å². The third kappa shape index (κ3) is 3.09. The van der Waals surface area contributed by atoms with E-state index in [1.54, 1.807) is 24.3 Å². The summed E-state index contributed by atoms with van der Waals surface area (Å²) < 4.78 is 5.72. The Labute approximate surface area is 168 Å². The quantitative estimate of drug-likeness (QED) is 0.621. The van der Waals surface area contributed by atoms with Gasteiger partial charge in [-0.15, -0.1) is 0 Å². The average Bonchev–Trinajstić information content (AvgIpc) is 3.12. The van der Waals surface area contributed by atoms with Crippen molar-refractivity contribution in [3.8, 4) is 11.8 Å². The number of nitrogens with one attached hydrogen (secondary N) is 1. The molecule has 0 radical (unpaired) electrons. The zero-order valence-corrected chi connectivity index (χ0v) is 16.3. The molecular weight excluding hydrogens is 368 g/mol. The highest BCUT2D eigenvalue weighted by Gasteiger charge is 2.39. The van der Waals surface area contributed by atoms with Crippen molar-refractivity contribution < 1.29 is 19.7 Å². The minimum Gasteiger partial charge on any atom is -0.493 e. The van der Waals surface area contributed by atoms with Crippen molar-refractivity contribution in [2.24, 2.45) is 0 Å². The number of aliphatic hydroxyl groups excluding tert-OH is 2. The largest absolute Gasteiger partial charge is 0.493 e. The van der Waals surface area contributed by atoms with Crippen LogP contribution in [0.5, 0.6) is 5.75 Å². The minimum atomic E-state index is -0.808. The molecule has 1 atom stereocenters. The fraction of sp³-hybridized carbons (Fsp3) is 0.304. The molecule has 1 aliphatic rings. The van der Waals surface area contributed by atoms with Crippen molar-refractivity contribution in [1.29, 1.82) is 5.26 Å². The number of ether oxygens (including phenoxy) is 1. The number of fused-ring (bicyclic) bond motifs is 4. The molecule has 6 heteroatoms. The maximum Gasteiger partial charge on any atom is 0.195 e. The zero-order valence-electron chi connectivity index (χ0n) is 16.3. The lowest BCUT2D eigenvalue weighted by Gasteiger charge is -2.32. The first-order valence-corrected chi connectivity index (χ1v) is 9.54. The molecule has 1 heterocycles. The van der Waals surface area contributed by atoms with Gasteiger partial charge in [0.15, 0.2) is 5.78 Å². The molecular formula is C23H22N2O4. The van der Waals surface area contributed by atoms with Gasteiger partial charge in [-0.25, -0.2) is 0 Å². The predicted molar refractivity (Wildman–Crippen MR) is 108 cm³/mol. The number of nitrogens with zero attached hydrogens (tertiary/aromatic N) is 1. The number of carbonyl (C=O) groups is 1. The highest BCUT2D eigenvalue weighted by atomic mass is 16.5. The number of benzene rings is 2. The number of rotatable bonds is 5. The summed E-state index contributed by atoms with van der Waals surface area (Å²) in [5.74, 6) is 0.541. The van der Waals surface area contributed by atoms with E-state index in [0.717, 1.165) is 22.2 Å². The van der Waals surface area contributed by atoms with E-state index in [0.29, 0.717) is 28.9 Å². The smallest absolute Gasteiger partial charge is 0.195 e. The first kappa shape index (κ1) is 19.2. The van der Waals surface area contributed by atoms with E-state index in [2.05, 4.69) is 24.9 Å². The van der Waals surface area contributed by atoms with Gasteiger partial charge in [-0.05, 0) is 42.0 Å². The second-order valence-corrected chi connectivity index (χ2v) is 7.88. The van der Waals surface area contributed by atoms with Gasteiger partial charge < -0.3 is 19.9 Å². The number of nitriles is 1. The molecule has 3 aromatic rings. The molecule has 0 aliphatic heterocycles. The van der Waals surface area contributed by atoms with Gasteiger partial charge in [-0.1, -0.05) is 13.8 Å². The van der Waals surface area contributed by atoms with Crippen LogP contribution in [0.2, 0.25) is 0 Å². The molecule has 0 saturated carbocycles. The van der Waals surface area contributed by atoms with Gasteiger partial charge in [0.1, 0.15) is 5.75 Å². The molecule has 148 valence electrons. The van der Waals surface area contributed by atoms with E-state index in [1.165, 1.54) is 0 Å². The molecule has 0 bridgehead atoms. The average molecular weight is 390 g/mol. The van der Waals surface area contributed by atoms with Crippen molar-refractivity contribution in [3.05, 3.63) is 64.3 Å². The van der Waals surface area contributed by atoms with Crippen LogP contribution in [0, 0.1) is 11.3 Å². The van der Waals surface area contributed by atoms with E-state index >= 15 is 0 Å². The van der Waals surface area contributed by atoms with Crippen LogP contribution in [0.3, 0.4) is 0 Å². The molecule has 0 unspecified atom stereocenters. The predicted octanol–water partition coefficient (Wildman–Crippen LogP) is 3.03. The highest BCUT2D eigenvalue weighted by molar-refractivity contribution is 6.20. The molecule has 4 rings (SSSR count). The first-order chi connectivity index (χ1) is 13.9. The van der Waals surface area contributed by atoms with Gasteiger partial charge in [-0.2, -0.15) is 5.26 Å². The summed E-state index contributed by atoms with van der Waals surface area (Å²) in [5.41, 5.74) is 3.81. The second-order valence-electron chi connectivity index (χ2n) is 7.88. The number of ketones is 1. The Hall–Kier alpha value is -3.14. The molecule has 1 aromatic heterocycles. The first-order valence-electron chi connectivity index (χ1n) is 9.54. The molecule has 6 nitrogen and oxygen atoms in total. The van der Waals surface area contributed by atoms with Crippen LogP contribution in [0.15, 0.2) is 36.4 Å². The van der Waals surface area contributed by atoms with Crippen LogP contribution < -0.4 is 4.74 Å². The summed E-state index contributed by atoms with van der Waals surface area (Å²) in [4.78, 5) is 16.7. The van der Waals surface area contributed by atoms with Gasteiger partial charge in [0, 0.05) is 34.0 Å². The topological polar surface area (TPSA) is 106 Å². The van der Waals surface area contributed by atoms with Gasteiger partial charge >= 0.3 is 0 Å². The van der Waals surface area contributed by atoms with Crippen LogP contribution in [-0.2, 0) is 5.41 Å². The van der Waals surface area contributed by atoms with E-state index in [1.807, 2.05) is 12.1 Å².